The van der Waals surface area contributed by atoms with Gasteiger partial charge in [-0.15, -0.1) is 0 Å². The van der Waals surface area contributed by atoms with Crippen LogP contribution in [-0.4, -0.2) is 16.4 Å². The Morgan fingerprint density at radius 1 is 1.35 bits per heavy atom. The second-order valence-corrected chi connectivity index (χ2v) is 5.41. The zero-order valence-corrected chi connectivity index (χ0v) is 12.0. The molecule has 0 unspecified atom stereocenters. The van der Waals surface area contributed by atoms with Crippen LogP contribution < -0.4 is 16.6 Å². The molecule has 0 fully saturated rings. The van der Waals surface area contributed by atoms with Crippen LogP contribution in [0.1, 0.15) is 37.6 Å². The second kappa shape index (κ2) is 5.46. The number of anilines is 1. The largest absolute Gasteiger partial charge is 0.347 e. The quantitative estimate of drug-likeness (QED) is 0.590. The number of amides is 1. The molecule has 0 spiro atoms. The van der Waals surface area contributed by atoms with Crippen LogP contribution in [0.15, 0.2) is 30.3 Å². The summed E-state index contributed by atoms with van der Waals surface area (Å²) < 4.78 is 0. The molecule has 5 heteroatoms. The highest BCUT2D eigenvalue weighted by Crippen LogP contribution is 2.21. The number of hydrogen-bond acceptors (Lipinski definition) is 4. The topological polar surface area (TPSA) is 80.0 Å². The van der Waals surface area contributed by atoms with E-state index in [0.29, 0.717) is 11.4 Å². The van der Waals surface area contributed by atoms with Gasteiger partial charge in [-0.2, -0.15) is 0 Å². The molecule has 0 saturated heterocycles. The first kappa shape index (κ1) is 14.3. The summed E-state index contributed by atoms with van der Waals surface area (Å²) in [7, 11) is 0. The maximum atomic E-state index is 12.5. The maximum absolute atomic E-state index is 12.5. The van der Waals surface area contributed by atoms with Crippen LogP contribution in [0.5, 0.6) is 0 Å². The first-order valence-corrected chi connectivity index (χ1v) is 6.66. The van der Waals surface area contributed by atoms with Crippen molar-refractivity contribution in [3.8, 4) is 0 Å². The standard InChI is InChI=1S/C15H20N4O/c1-4-15(2,3)18-14(20)11-9-13(19-16)17-12-8-6-5-7-10(11)12/h5-9H,4,16H2,1-3H3,(H,17,19)(H,18,20). The SMILES string of the molecule is CCC(C)(C)NC(=O)c1cc(NN)nc2ccccc12. The lowest BCUT2D eigenvalue weighted by Crippen LogP contribution is -2.42. The zero-order chi connectivity index (χ0) is 14.8. The van der Waals surface area contributed by atoms with Gasteiger partial charge in [-0.1, -0.05) is 25.1 Å². The lowest BCUT2D eigenvalue weighted by Gasteiger charge is -2.25. The highest BCUT2D eigenvalue weighted by Gasteiger charge is 2.20. The lowest BCUT2D eigenvalue weighted by atomic mass is 10.0. The normalized spacial score (nSPS) is 11.4. The van der Waals surface area contributed by atoms with E-state index in [4.69, 9.17) is 5.84 Å². The number of nitrogens with two attached hydrogens (primary N) is 1. The van der Waals surface area contributed by atoms with Crippen LogP contribution in [0.2, 0.25) is 0 Å². The van der Waals surface area contributed by atoms with E-state index in [1.165, 1.54) is 0 Å². The number of carbonyl (C=O) groups excluding carboxylic acids is 1. The third-order valence-electron chi connectivity index (χ3n) is 3.44. The summed E-state index contributed by atoms with van der Waals surface area (Å²) in [6.07, 6.45) is 0.851. The molecule has 106 valence electrons. The fraction of sp³-hybridized carbons (Fsp3) is 0.333. The fourth-order valence-electron chi connectivity index (χ4n) is 1.90. The van der Waals surface area contributed by atoms with Crippen molar-refractivity contribution in [1.82, 2.24) is 10.3 Å². The van der Waals surface area contributed by atoms with E-state index in [1.807, 2.05) is 45.0 Å². The average Bonchev–Trinajstić information content (AvgIpc) is 2.45. The summed E-state index contributed by atoms with van der Waals surface area (Å²) >= 11 is 0. The molecule has 2 aromatic rings. The highest BCUT2D eigenvalue weighted by molar-refractivity contribution is 6.07. The Morgan fingerprint density at radius 2 is 2.05 bits per heavy atom. The van der Waals surface area contributed by atoms with Crippen molar-refractivity contribution >= 4 is 22.6 Å². The first-order chi connectivity index (χ1) is 9.46. The molecule has 0 saturated carbocycles. The Kier molecular flexibility index (Phi) is 3.90. The van der Waals surface area contributed by atoms with Gasteiger partial charge in [0.25, 0.3) is 5.91 Å². The molecule has 1 aromatic carbocycles. The molecule has 0 radical (unpaired) electrons. The van der Waals surface area contributed by atoms with Gasteiger partial charge in [0.05, 0.1) is 11.1 Å². The number of hydrazine groups is 1. The summed E-state index contributed by atoms with van der Waals surface area (Å²) in [4.78, 5) is 16.8. The highest BCUT2D eigenvalue weighted by atomic mass is 16.1. The number of nitrogens with one attached hydrogen (secondary N) is 2. The maximum Gasteiger partial charge on any atom is 0.252 e. The number of para-hydroxylation sites is 1. The molecule has 0 aliphatic rings. The van der Waals surface area contributed by atoms with Crippen LogP contribution in [0.25, 0.3) is 10.9 Å². The number of carbonyl (C=O) groups is 1. The number of nitrogen functional groups attached to an aromatic ring is 1. The predicted molar refractivity (Wildman–Crippen MR) is 81.4 cm³/mol. The van der Waals surface area contributed by atoms with Crippen molar-refractivity contribution in [2.45, 2.75) is 32.7 Å². The molecule has 1 amide bonds. The van der Waals surface area contributed by atoms with E-state index in [2.05, 4.69) is 15.7 Å². The Balaban J connectivity index is 2.49. The molecule has 1 heterocycles. The number of aromatic nitrogens is 1. The fourth-order valence-corrected chi connectivity index (χ4v) is 1.90. The van der Waals surface area contributed by atoms with Gasteiger partial charge in [0.2, 0.25) is 0 Å². The van der Waals surface area contributed by atoms with Gasteiger partial charge in [0.1, 0.15) is 5.82 Å². The number of hydrogen-bond donors (Lipinski definition) is 3. The molecule has 0 bridgehead atoms. The van der Waals surface area contributed by atoms with Crippen LogP contribution in [0.3, 0.4) is 0 Å². The molecule has 5 nitrogen and oxygen atoms in total. The summed E-state index contributed by atoms with van der Waals surface area (Å²) in [6.45, 7) is 6.03. The van der Waals surface area contributed by atoms with Crippen molar-refractivity contribution < 1.29 is 4.79 Å². The van der Waals surface area contributed by atoms with Crippen molar-refractivity contribution in [3.05, 3.63) is 35.9 Å². The number of benzene rings is 1. The van der Waals surface area contributed by atoms with Crippen molar-refractivity contribution in [2.75, 3.05) is 5.43 Å². The Labute approximate surface area is 118 Å². The van der Waals surface area contributed by atoms with Gasteiger partial charge in [-0.05, 0) is 32.4 Å². The third kappa shape index (κ3) is 2.88. The minimum atomic E-state index is -0.252. The molecule has 0 aliphatic heterocycles. The van der Waals surface area contributed by atoms with Crippen LogP contribution in [0, 0.1) is 0 Å². The number of fused-ring (bicyclic) bond motifs is 1. The van der Waals surface area contributed by atoms with Gasteiger partial charge in [0, 0.05) is 10.9 Å². The summed E-state index contributed by atoms with van der Waals surface area (Å²) in [5.41, 5.74) is 3.56. The van der Waals surface area contributed by atoms with Crippen LogP contribution >= 0.6 is 0 Å². The number of rotatable bonds is 4. The molecule has 2 rings (SSSR count). The van der Waals surface area contributed by atoms with E-state index >= 15 is 0 Å². The lowest BCUT2D eigenvalue weighted by molar-refractivity contribution is 0.0913. The third-order valence-corrected chi connectivity index (χ3v) is 3.44. The Bertz CT molecular complexity index is 637. The van der Waals surface area contributed by atoms with Gasteiger partial charge in [0.15, 0.2) is 0 Å². The summed E-state index contributed by atoms with van der Waals surface area (Å²) in [5.74, 6) is 5.78. The van der Waals surface area contributed by atoms with Crippen molar-refractivity contribution in [1.29, 1.82) is 0 Å². The van der Waals surface area contributed by atoms with Gasteiger partial charge >= 0.3 is 0 Å². The summed E-state index contributed by atoms with van der Waals surface area (Å²) in [6, 6.07) is 9.19. The molecule has 1 aromatic heterocycles. The van der Waals surface area contributed by atoms with Gasteiger partial charge in [-0.25, -0.2) is 10.8 Å². The average molecular weight is 272 g/mol. The van der Waals surface area contributed by atoms with Gasteiger partial charge < -0.3 is 10.7 Å². The van der Waals surface area contributed by atoms with Crippen molar-refractivity contribution in [2.24, 2.45) is 5.84 Å². The molecule has 0 aliphatic carbocycles. The first-order valence-electron chi connectivity index (χ1n) is 6.66. The Hall–Kier alpha value is -2.14. The molecule has 20 heavy (non-hydrogen) atoms. The van der Waals surface area contributed by atoms with Crippen LogP contribution in [0.4, 0.5) is 5.82 Å². The number of nitrogens with zero attached hydrogens (tertiary/aromatic N) is 1. The molecule has 0 atom stereocenters. The van der Waals surface area contributed by atoms with E-state index < -0.39 is 0 Å². The van der Waals surface area contributed by atoms with E-state index in [1.54, 1.807) is 6.07 Å². The van der Waals surface area contributed by atoms with Crippen molar-refractivity contribution in [3.63, 3.8) is 0 Å². The minimum absolute atomic E-state index is 0.119. The minimum Gasteiger partial charge on any atom is -0.347 e. The predicted octanol–water partition coefficient (Wildman–Crippen LogP) is 2.44. The molecule has 4 N–H and O–H groups in total. The number of pyridine rings is 1. The summed E-state index contributed by atoms with van der Waals surface area (Å²) in [5, 5.41) is 3.85. The second-order valence-electron chi connectivity index (χ2n) is 5.41. The van der Waals surface area contributed by atoms with E-state index in [-0.39, 0.29) is 11.4 Å². The van der Waals surface area contributed by atoms with Crippen LogP contribution in [-0.2, 0) is 0 Å². The Morgan fingerprint density at radius 3 is 2.70 bits per heavy atom. The smallest absolute Gasteiger partial charge is 0.252 e. The molecular formula is C15H20N4O. The molecular weight excluding hydrogens is 252 g/mol. The monoisotopic (exact) mass is 272 g/mol. The zero-order valence-electron chi connectivity index (χ0n) is 12.0. The van der Waals surface area contributed by atoms with E-state index in [9.17, 15) is 4.79 Å². The van der Waals surface area contributed by atoms with Gasteiger partial charge in [-0.3, -0.25) is 4.79 Å². The van der Waals surface area contributed by atoms with E-state index in [0.717, 1.165) is 17.3 Å².